The van der Waals surface area contributed by atoms with Crippen LogP contribution in [-0.2, 0) is 9.47 Å². The van der Waals surface area contributed by atoms with Crippen LogP contribution in [0.1, 0.15) is 13.8 Å². The zero-order valence-corrected chi connectivity index (χ0v) is 12.7. The zero-order valence-electron chi connectivity index (χ0n) is 12.0. The zero-order chi connectivity index (χ0) is 17.7. The monoisotopic (exact) mass is 352 g/mol. The summed E-state index contributed by atoms with van der Waals surface area (Å²) in [5, 5.41) is 10.00. The number of carbonyl (C=O) groups excluding carboxylic acids is 2. The normalized spacial score (nSPS) is 10.1. The number of amides is 2. The molecule has 0 aliphatic rings. The highest BCUT2D eigenvalue weighted by Gasteiger charge is 2.37. The molecule has 0 bridgehead atoms. The molecule has 0 aromatic heterocycles. The Morgan fingerprint density at radius 1 is 1.26 bits per heavy atom. The largest absolute Gasteiger partial charge is 0.449 e. The fraction of sp³-hybridized carbons (Fsp3) is 0.333. The van der Waals surface area contributed by atoms with Crippen LogP contribution >= 0.6 is 11.6 Å². The Kier molecular flexibility index (Phi) is 6.19. The van der Waals surface area contributed by atoms with Gasteiger partial charge < -0.3 is 9.47 Å². The molecule has 1 aromatic carbocycles. The van der Waals surface area contributed by atoms with Crippen LogP contribution in [0.4, 0.5) is 29.7 Å². The molecule has 0 heterocycles. The number of nitro benzene ring substituents is 1. The van der Waals surface area contributed by atoms with E-state index in [4.69, 9.17) is 11.6 Å². The predicted molar refractivity (Wildman–Crippen MR) is 74.5 cm³/mol. The molecular formula is C12H11ClF2N2O6. The summed E-state index contributed by atoms with van der Waals surface area (Å²) in [7, 11) is 0. The van der Waals surface area contributed by atoms with Gasteiger partial charge in [0, 0.05) is 6.07 Å². The minimum atomic E-state index is -1.80. The number of carbonyl (C=O) groups is 2. The Labute approximate surface area is 133 Å². The quantitative estimate of drug-likeness (QED) is 0.606. The molecule has 0 aliphatic heterocycles. The molecule has 126 valence electrons. The molecule has 0 atom stereocenters. The van der Waals surface area contributed by atoms with Gasteiger partial charge in [-0.2, -0.15) is 9.29 Å². The Bertz CT molecular complexity index is 637. The average molecular weight is 353 g/mol. The van der Waals surface area contributed by atoms with Crippen LogP contribution in [0.2, 0.25) is 5.02 Å². The molecule has 0 aliphatic carbocycles. The second kappa shape index (κ2) is 7.68. The third kappa shape index (κ3) is 3.83. The first-order chi connectivity index (χ1) is 10.8. The molecular weight excluding hydrogens is 342 g/mol. The van der Waals surface area contributed by atoms with Crippen LogP contribution in [0.5, 0.6) is 0 Å². The standard InChI is InChI=1S/C12H11ClF2N2O6/c1-3-22-11(18)16(12(19)23-4-2)10-7(14)5-6(13)9(8(10)15)17(20)21/h5H,3-4H2,1-2H3. The first-order valence-corrected chi connectivity index (χ1v) is 6.59. The van der Waals surface area contributed by atoms with Gasteiger partial charge in [-0.05, 0) is 13.8 Å². The van der Waals surface area contributed by atoms with E-state index >= 15 is 0 Å². The van der Waals surface area contributed by atoms with E-state index in [0.717, 1.165) is 0 Å². The van der Waals surface area contributed by atoms with Gasteiger partial charge in [0.2, 0.25) is 5.82 Å². The molecule has 8 nitrogen and oxygen atoms in total. The number of halogens is 3. The Morgan fingerprint density at radius 2 is 1.74 bits per heavy atom. The van der Waals surface area contributed by atoms with Crippen LogP contribution in [0.3, 0.4) is 0 Å². The molecule has 0 fully saturated rings. The van der Waals surface area contributed by atoms with E-state index in [0.29, 0.717) is 6.07 Å². The number of hydrogen-bond acceptors (Lipinski definition) is 6. The van der Waals surface area contributed by atoms with Gasteiger partial charge in [0.25, 0.3) is 0 Å². The van der Waals surface area contributed by atoms with Crippen molar-refractivity contribution in [1.29, 1.82) is 0 Å². The van der Waals surface area contributed by atoms with E-state index in [1.54, 1.807) is 0 Å². The lowest BCUT2D eigenvalue weighted by Crippen LogP contribution is -2.39. The van der Waals surface area contributed by atoms with Crippen LogP contribution in [0, 0.1) is 21.7 Å². The van der Waals surface area contributed by atoms with Gasteiger partial charge in [0.1, 0.15) is 10.7 Å². The van der Waals surface area contributed by atoms with Crippen molar-refractivity contribution in [2.24, 2.45) is 0 Å². The number of ether oxygens (including phenoxy) is 2. The van der Waals surface area contributed by atoms with Crippen LogP contribution in [0.25, 0.3) is 0 Å². The van der Waals surface area contributed by atoms with E-state index in [1.165, 1.54) is 13.8 Å². The molecule has 1 aromatic rings. The summed E-state index contributed by atoms with van der Waals surface area (Å²) in [5.41, 5.74) is -2.60. The Morgan fingerprint density at radius 3 is 2.13 bits per heavy atom. The van der Waals surface area contributed by atoms with E-state index in [9.17, 15) is 28.5 Å². The maximum absolute atomic E-state index is 14.3. The number of benzene rings is 1. The summed E-state index contributed by atoms with van der Waals surface area (Å²) in [6, 6.07) is 0.406. The SMILES string of the molecule is CCOC(=O)N(C(=O)OCC)c1c(F)cc(Cl)c([N+](=O)[O-])c1F. The molecule has 0 saturated carbocycles. The minimum Gasteiger partial charge on any atom is -0.449 e. The van der Waals surface area contributed by atoms with Crippen molar-refractivity contribution in [1.82, 2.24) is 0 Å². The van der Waals surface area contributed by atoms with Gasteiger partial charge in [-0.15, -0.1) is 0 Å². The summed E-state index contributed by atoms with van der Waals surface area (Å²) in [4.78, 5) is 33.1. The van der Waals surface area contributed by atoms with Gasteiger partial charge >= 0.3 is 17.9 Å². The molecule has 1 rings (SSSR count). The Balaban J connectivity index is 3.58. The van der Waals surface area contributed by atoms with Crippen LogP contribution in [0.15, 0.2) is 6.07 Å². The molecule has 0 radical (unpaired) electrons. The number of nitrogens with zero attached hydrogens (tertiary/aromatic N) is 2. The van der Waals surface area contributed by atoms with Crippen molar-refractivity contribution < 1.29 is 32.8 Å². The van der Waals surface area contributed by atoms with E-state index in [2.05, 4.69) is 9.47 Å². The highest BCUT2D eigenvalue weighted by Crippen LogP contribution is 2.37. The lowest BCUT2D eigenvalue weighted by atomic mass is 10.2. The smallest absolute Gasteiger partial charge is 0.424 e. The summed E-state index contributed by atoms with van der Waals surface area (Å²) in [5.74, 6) is -3.28. The summed E-state index contributed by atoms with van der Waals surface area (Å²) < 4.78 is 37.3. The molecule has 2 amide bonds. The molecule has 0 saturated heterocycles. The second-order valence-corrected chi connectivity index (χ2v) is 4.25. The third-order valence-corrected chi connectivity index (χ3v) is 2.72. The first kappa shape index (κ1) is 18.6. The summed E-state index contributed by atoms with van der Waals surface area (Å²) in [6.07, 6.45) is -2.92. The fourth-order valence-electron chi connectivity index (χ4n) is 1.58. The van der Waals surface area contributed by atoms with Crippen molar-refractivity contribution in [3.8, 4) is 0 Å². The van der Waals surface area contributed by atoms with E-state index in [1.807, 2.05) is 0 Å². The van der Waals surface area contributed by atoms with Crippen LogP contribution in [-0.4, -0.2) is 30.3 Å². The lowest BCUT2D eigenvalue weighted by molar-refractivity contribution is -0.387. The van der Waals surface area contributed by atoms with Crippen LogP contribution < -0.4 is 4.90 Å². The maximum Gasteiger partial charge on any atom is 0.424 e. The predicted octanol–water partition coefficient (Wildman–Crippen LogP) is 3.65. The van der Waals surface area contributed by atoms with Crippen molar-refractivity contribution in [3.05, 3.63) is 32.8 Å². The highest BCUT2D eigenvalue weighted by molar-refractivity contribution is 6.33. The van der Waals surface area contributed by atoms with E-state index < -0.39 is 45.1 Å². The molecule has 0 N–H and O–H groups in total. The van der Waals surface area contributed by atoms with Gasteiger partial charge in [0.05, 0.1) is 18.1 Å². The maximum atomic E-state index is 14.3. The van der Waals surface area contributed by atoms with Gasteiger partial charge in [0.15, 0.2) is 5.82 Å². The van der Waals surface area contributed by atoms with Gasteiger partial charge in [-0.3, -0.25) is 10.1 Å². The number of nitro groups is 1. The topological polar surface area (TPSA) is 99.0 Å². The third-order valence-electron chi connectivity index (χ3n) is 2.43. The molecule has 23 heavy (non-hydrogen) atoms. The van der Waals surface area contributed by atoms with Crippen molar-refractivity contribution >= 4 is 35.2 Å². The average Bonchev–Trinajstić information content (AvgIpc) is 2.42. The summed E-state index contributed by atoms with van der Waals surface area (Å²) >= 11 is 5.42. The van der Waals surface area contributed by atoms with Crippen molar-refractivity contribution in [3.63, 3.8) is 0 Å². The van der Waals surface area contributed by atoms with Gasteiger partial charge in [-0.25, -0.2) is 14.0 Å². The highest BCUT2D eigenvalue weighted by atomic mass is 35.5. The first-order valence-electron chi connectivity index (χ1n) is 6.21. The number of rotatable bonds is 4. The van der Waals surface area contributed by atoms with Crippen molar-refractivity contribution in [2.45, 2.75) is 13.8 Å². The Hall–Kier alpha value is -2.49. The number of imide groups is 1. The number of hydrogen-bond donors (Lipinski definition) is 0. The van der Waals surface area contributed by atoms with Crippen molar-refractivity contribution in [2.75, 3.05) is 18.1 Å². The molecule has 0 spiro atoms. The fourth-order valence-corrected chi connectivity index (χ4v) is 1.82. The molecule has 11 heteroatoms. The second-order valence-electron chi connectivity index (χ2n) is 3.84. The number of anilines is 1. The minimum absolute atomic E-state index is 0.110. The van der Waals surface area contributed by atoms with Gasteiger partial charge in [-0.1, -0.05) is 11.6 Å². The summed E-state index contributed by atoms with van der Waals surface area (Å²) in [6.45, 7) is 2.35. The molecule has 0 unspecified atom stereocenters. The van der Waals surface area contributed by atoms with E-state index in [-0.39, 0.29) is 18.1 Å². The lowest BCUT2D eigenvalue weighted by Gasteiger charge is -2.20.